The highest BCUT2D eigenvalue weighted by molar-refractivity contribution is 6.30. The van der Waals surface area contributed by atoms with Crippen molar-refractivity contribution in [2.75, 3.05) is 13.1 Å². The van der Waals surface area contributed by atoms with Crippen LogP contribution in [0.1, 0.15) is 50.4 Å². The van der Waals surface area contributed by atoms with Crippen molar-refractivity contribution in [1.29, 1.82) is 0 Å². The summed E-state index contributed by atoms with van der Waals surface area (Å²) in [5.41, 5.74) is 3.57. The van der Waals surface area contributed by atoms with E-state index in [1.165, 1.54) is 5.56 Å². The highest BCUT2D eigenvalue weighted by atomic mass is 35.5. The lowest BCUT2D eigenvalue weighted by molar-refractivity contribution is -0.127. The third-order valence-corrected chi connectivity index (χ3v) is 5.20. The van der Waals surface area contributed by atoms with E-state index >= 15 is 0 Å². The topological polar surface area (TPSA) is 53.2 Å². The van der Waals surface area contributed by atoms with E-state index in [9.17, 15) is 9.59 Å². The molecule has 2 heterocycles. The van der Waals surface area contributed by atoms with Gasteiger partial charge in [-0.15, -0.1) is 0 Å². The van der Waals surface area contributed by atoms with Crippen molar-refractivity contribution >= 4 is 23.1 Å². The molecule has 1 fully saturated rings. The van der Waals surface area contributed by atoms with Gasteiger partial charge in [0.05, 0.1) is 0 Å². The van der Waals surface area contributed by atoms with Gasteiger partial charge in [-0.2, -0.15) is 0 Å². The van der Waals surface area contributed by atoms with Crippen molar-refractivity contribution in [3.05, 3.63) is 74.7 Å². The molecule has 0 bridgehead atoms. The molecule has 4 nitrogen and oxygen atoms in total. The molecule has 3 rings (SSSR count). The molecule has 0 aliphatic carbocycles. The van der Waals surface area contributed by atoms with Gasteiger partial charge in [0, 0.05) is 30.8 Å². The summed E-state index contributed by atoms with van der Waals surface area (Å²) in [6.45, 7) is 7.83. The number of halogens is 1. The van der Waals surface area contributed by atoms with Crippen LogP contribution in [-0.4, -0.2) is 28.9 Å². The summed E-state index contributed by atoms with van der Waals surface area (Å²) in [6, 6.07) is 11.7. The SMILES string of the molecule is CC(C)(C)c1ccc(/C(=C/CN2CCCC2=O)c2ccc(Cl)c(=O)[nH]2)cc1. The van der Waals surface area contributed by atoms with E-state index in [0.717, 1.165) is 24.1 Å². The first-order valence-corrected chi connectivity index (χ1v) is 9.61. The highest BCUT2D eigenvalue weighted by Gasteiger charge is 2.19. The van der Waals surface area contributed by atoms with Crippen molar-refractivity contribution in [3.63, 3.8) is 0 Å². The number of carbonyl (C=O) groups is 1. The summed E-state index contributed by atoms with van der Waals surface area (Å²) in [5.74, 6) is 0.179. The van der Waals surface area contributed by atoms with Crippen LogP contribution in [0, 0.1) is 0 Å². The van der Waals surface area contributed by atoms with Crippen molar-refractivity contribution in [3.8, 4) is 0 Å². The van der Waals surface area contributed by atoms with Gasteiger partial charge in [0.2, 0.25) is 5.91 Å². The highest BCUT2D eigenvalue weighted by Crippen LogP contribution is 2.27. The van der Waals surface area contributed by atoms with Gasteiger partial charge >= 0.3 is 0 Å². The number of benzene rings is 1. The Morgan fingerprint density at radius 3 is 2.41 bits per heavy atom. The first-order valence-electron chi connectivity index (χ1n) is 9.24. The number of aromatic nitrogens is 1. The average molecular weight is 385 g/mol. The molecule has 1 aromatic carbocycles. The third kappa shape index (κ3) is 4.51. The van der Waals surface area contributed by atoms with Gasteiger partial charge in [0.15, 0.2) is 0 Å². The van der Waals surface area contributed by atoms with Crippen LogP contribution in [0.15, 0.2) is 47.3 Å². The standard InChI is InChI=1S/C22H25ClN2O2/c1-22(2,3)16-8-6-15(7-9-16)17(12-14-25-13-4-5-20(25)26)19-11-10-18(23)21(27)24-19/h6-12H,4-5,13-14H2,1-3H3,(H,24,27)/b17-12-. The van der Waals surface area contributed by atoms with Gasteiger partial charge in [0.1, 0.15) is 5.02 Å². The summed E-state index contributed by atoms with van der Waals surface area (Å²) in [7, 11) is 0. The average Bonchev–Trinajstić information content (AvgIpc) is 3.03. The van der Waals surface area contributed by atoms with Crippen LogP contribution in [0.25, 0.3) is 5.57 Å². The fourth-order valence-corrected chi connectivity index (χ4v) is 3.35. The Balaban J connectivity index is 1.99. The number of carbonyl (C=O) groups excluding carboxylic acids is 1. The van der Waals surface area contributed by atoms with Gasteiger partial charge in [-0.3, -0.25) is 9.59 Å². The Bertz CT molecular complexity index is 921. The number of aromatic amines is 1. The number of nitrogens with zero attached hydrogens (tertiary/aromatic N) is 1. The molecular weight excluding hydrogens is 360 g/mol. The maximum absolute atomic E-state index is 12.0. The smallest absolute Gasteiger partial charge is 0.267 e. The second kappa shape index (κ2) is 7.73. The molecule has 0 unspecified atom stereocenters. The quantitative estimate of drug-likeness (QED) is 0.850. The maximum Gasteiger partial charge on any atom is 0.267 e. The van der Waals surface area contributed by atoms with E-state index in [2.05, 4.69) is 50.0 Å². The first-order chi connectivity index (χ1) is 12.8. The lowest BCUT2D eigenvalue weighted by Gasteiger charge is -2.20. The van der Waals surface area contributed by atoms with Crippen molar-refractivity contribution in [2.45, 2.75) is 39.0 Å². The molecular formula is C22H25ClN2O2. The van der Waals surface area contributed by atoms with Crippen LogP contribution in [-0.2, 0) is 10.2 Å². The monoisotopic (exact) mass is 384 g/mol. The van der Waals surface area contributed by atoms with E-state index in [-0.39, 0.29) is 21.9 Å². The Morgan fingerprint density at radius 1 is 1.15 bits per heavy atom. The Hall–Kier alpha value is -2.33. The number of hydrogen-bond donors (Lipinski definition) is 1. The Kier molecular flexibility index (Phi) is 5.56. The number of rotatable bonds is 4. The van der Waals surface area contributed by atoms with Crippen LogP contribution in [0.4, 0.5) is 0 Å². The van der Waals surface area contributed by atoms with E-state index in [1.54, 1.807) is 12.1 Å². The van der Waals surface area contributed by atoms with Gasteiger partial charge < -0.3 is 9.88 Å². The summed E-state index contributed by atoms with van der Waals surface area (Å²) in [4.78, 5) is 28.6. The fourth-order valence-electron chi connectivity index (χ4n) is 3.24. The lowest BCUT2D eigenvalue weighted by atomic mass is 9.86. The summed E-state index contributed by atoms with van der Waals surface area (Å²) < 4.78 is 0. The number of nitrogens with one attached hydrogen (secondary N) is 1. The van der Waals surface area contributed by atoms with Crippen molar-refractivity contribution in [1.82, 2.24) is 9.88 Å². The number of amides is 1. The Morgan fingerprint density at radius 2 is 1.85 bits per heavy atom. The molecule has 0 saturated carbocycles. The molecule has 1 saturated heterocycles. The molecule has 27 heavy (non-hydrogen) atoms. The van der Waals surface area contributed by atoms with E-state index in [1.807, 2.05) is 11.0 Å². The van der Waals surface area contributed by atoms with Crippen LogP contribution >= 0.6 is 11.6 Å². The maximum atomic E-state index is 12.0. The fraction of sp³-hybridized carbons (Fsp3) is 0.364. The van der Waals surface area contributed by atoms with Crippen molar-refractivity contribution < 1.29 is 4.79 Å². The second-order valence-corrected chi connectivity index (χ2v) is 8.34. The molecule has 0 atom stereocenters. The number of hydrogen-bond acceptors (Lipinski definition) is 2. The minimum Gasteiger partial charge on any atom is -0.339 e. The van der Waals surface area contributed by atoms with Crippen LogP contribution in [0.5, 0.6) is 0 Å². The molecule has 1 aliphatic heterocycles. The van der Waals surface area contributed by atoms with Crippen molar-refractivity contribution in [2.24, 2.45) is 0 Å². The predicted molar refractivity (Wildman–Crippen MR) is 110 cm³/mol. The summed E-state index contributed by atoms with van der Waals surface area (Å²) in [6.07, 6.45) is 3.52. The zero-order valence-corrected chi connectivity index (χ0v) is 16.8. The minimum atomic E-state index is -0.316. The van der Waals surface area contributed by atoms with E-state index < -0.39 is 0 Å². The number of pyridine rings is 1. The normalized spacial score (nSPS) is 15.5. The van der Waals surface area contributed by atoms with E-state index in [0.29, 0.717) is 18.7 Å². The molecule has 1 amide bonds. The lowest BCUT2D eigenvalue weighted by Crippen LogP contribution is -2.24. The van der Waals surface area contributed by atoms with Crippen LogP contribution in [0.3, 0.4) is 0 Å². The minimum absolute atomic E-state index is 0.0684. The van der Waals surface area contributed by atoms with Gasteiger partial charge in [-0.05, 0) is 35.1 Å². The molecule has 0 radical (unpaired) electrons. The number of likely N-dealkylation sites (tertiary alicyclic amines) is 1. The molecule has 1 aliphatic rings. The molecule has 0 spiro atoms. The van der Waals surface area contributed by atoms with E-state index in [4.69, 9.17) is 11.6 Å². The zero-order chi connectivity index (χ0) is 19.6. The molecule has 1 aromatic heterocycles. The second-order valence-electron chi connectivity index (χ2n) is 7.94. The Labute approximate surface area is 164 Å². The molecule has 2 aromatic rings. The first kappa shape index (κ1) is 19.4. The largest absolute Gasteiger partial charge is 0.339 e. The van der Waals surface area contributed by atoms with Crippen LogP contribution in [0.2, 0.25) is 5.02 Å². The van der Waals surface area contributed by atoms with Gasteiger partial charge in [0.25, 0.3) is 5.56 Å². The van der Waals surface area contributed by atoms with Gasteiger partial charge in [-0.25, -0.2) is 0 Å². The van der Waals surface area contributed by atoms with Crippen LogP contribution < -0.4 is 5.56 Å². The third-order valence-electron chi connectivity index (χ3n) is 4.90. The molecule has 142 valence electrons. The zero-order valence-electron chi connectivity index (χ0n) is 16.0. The molecule has 1 N–H and O–H groups in total. The summed E-state index contributed by atoms with van der Waals surface area (Å²) in [5, 5.41) is 0.163. The van der Waals surface area contributed by atoms with Gasteiger partial charge in [-0.1, -0.05) is 62.7 Å². The number of H-pyrrole nitrogens is 1. The summed E-state index contributed by atoms with van der Waals surface area (Å²) >= 11 is 5.89. The molecule has 5 heteroatoms. The predicted octanol–water partition coefficient (Wildman–Crippen LogP) is 4.38.